The topological polar surface area (TPSA) is 126 Å². The van der Waals surface area contributed by atoms with Crippen LogP contribution in [0.3, 0.4) is 0 Å². The van der Waals surface area contributed by atoms with Crippen molar-refractivity contribution in [1.29, 1.82) is 0 Å². The zero-order valence-corrected chi connectivity index (χ0v) is 24.5. The first-order valence-electron chi connectivity index (χ1n) is 14.6. The van der Waals surface area contributed by atoms with E-state index in [0.717, 1.165) is 50.6 Å². The van der Waals surface area contributed by atoms with Crippen LogP contribution in [0.4, 0.5) is 10.5 Å². The Morgan fingerprint density at radius 3 is 2.59 bits per heavy atom. The van der Waals surface area contributed by atoms with E-state index in [2.05, 4.69) is 25.5 Å². The van der Waals surface area contributed by atoms with Gasteiger partial charge in [-0.15, -0.1) is 0 Å². The summed E-state index contributed by atoms with van der Waals surface area (Å²) >= 11 is 0. The Labute approximate surface area is 255 Å². The second kappa shape index (κ2) is 14.1. The predicted molar refractivity (Wildman–Crippen MR) is 163 cm³/mol. The second-order valence-electron chi connectivity index (χ2n) is 10.2. The van der Waals surface area contributed by atoms with Crippen molar-refractivity contribution in [3.8, 4) is 34.6 Å². The first-order valence-corrected chi connectivity index (χ1v) is 14.6. The Morgan fingerprint density at radius 1 is 0.955 bits per heavy atom. The number of anilines is 1. The molecule has 0 radical (unpaired) electrons. The van der Waals surface area contributed by atoms with Crippen molar-refractivity contribution >= 4 is 22.6 Å². The van der Waals surface area contributed by atoms with Crippen LogP contribution in [0.2, 0.25) is 0 Å². The number of nitrogens with one attached hydrogen (secondary N) is 2. The SMILES string of the molecule is COc1cccc(CNC(=O)Nc2ccc(Oc3ncnc4cc(OCCCN5CCOCC5)c5c(c34)OCCO5)cc2)c1. The number of urea groups is 1. The van der Waals surface area contributed by atoms with Crippen LogP contribution in [0.25, 0.3) is 10.9 Å². The minimum atomic E-state index is -0.328. The molecule has 0 bridgehead atoms. The predicted octanol–water partition coefficient (Wildman–Crippen LogP) is 4.62. The second-order valence-corrected chi connectivity index (χ2v) is 10.2. The highest BCUT2D eigenvalue weighted by Crippen LogP contribution is 2.47. The molecule has 12 heteroatoms. The van der Waals surface area contributed by atoms with Gasteiger partial charge in [0.15, 0.2) is 11.5 Å². The van der Waals surface area contributed by atoms with Crippen molar-refractivity contribution in [3.63, 3.8) is 0 Å². The molecule has 0 aliphatic carbocycles. The normalized spacial score (nSPS) is 14.6. The lowest BCUT2D eigenvalue weighted by atomic mass is 10.1. The van der Waals surface area contributed by atoms with Gasteiger partial charge in [-0.3, -0.25) is 4.90 Å². The fourth-order valence-corrected chi connectivity index (χ4v) is 5.02. The third kappa shape index (κ3) is 7.21. The molecule has 6 rings (SSSR count). The van der Waals surface area contributed by atoms with E-state index in [1.807, 2.05) is 30.3 Å². The standard InChI is InChI=1S/C32H35N5O7/c1-39-25-5-2-4-22(18-25)20-33-32(38)36-23-6-8-24(9-7-23)44-31-28-26(34-21-35-31)19-27(29-30(28)43-17-16-42-29)41-13-3-10-37-11-14-40-15-12-37/h2,4-9,18-19,21H,3,10-17,20H2,1H3,(H2,33,36,38). The number of hydrogen-bond acceptors (Lipinski definition) is 10. The van der Waals surface area contributed by atoms with Gasteiger partial charge in [0.25, 0.3) is 0 Å². The molecule has 0 spiro atoms. The number of aromatic nitrogens is 2. The van der Waals surface area contributed by atoms with Gasteiger partial charge >= 0.3 is 6.03 Å². The average Bonchev–Trinajstić information content (AvgIpc) is 3.07. The third-order valence-corrected chi connectivity index (χ3v) is 7.24. The first-order chi connectivity index (χ1) is 21.7. The Bertz CT molecular complexity index is 1580. The highest BCUT2D eigenvalue weighted by atomic mass is 16.6. The molecule has 0 atom stereocenters. The number of nitrogens with zero attached hydrogens (tertiary/aromatic N) is 3. The quantitative estimate of drug-likeness (QED) is 0.235. The summed E-state index contributed by atoms with van der Waals surface area (Å²) in [6.45, 7) is 6.08. The summed E-state index contributed by atoms with van der Waals surface area (Å²) in [6, 6.07) is 16.0. The molecule has 230 valence electrons. The molecular weight excluding hydrogens is 566 g/mol. The molecule has 2 aliphatic rings. The smallest absolute Gasteiger partial charge is 0.319 e. The van der Waals surface area contributed by atoms with Gasteiger partial charge in [-0.25, -0.2) is 14.8 Å². The van der Waals surface area contributed by atoms with Crippen LogP contribution in [-0.2, 0) is 11.3 Å². The average molecular weight is 602 g/mol. The van der Waals surface area contributed by atoms with Crippen molar-refractivity contribution in [2.45, 2.75) is 13.0 Å². The van der Waals surface area contributed by atoms with Gasteiger partial charge in [-0.05, 0) is 48.4 Å². The molecule has 1 fully saturated rings. The van der Waals surface area contributed by atoms with Gasteiger partial charge < -0.3 is 39.1 Å². The van der Waals surface area contributed by atoms with Crippen molar-refractivity contribution in [1.82, 2.24) is 20.2 Å². The van der Waals surface area contributed by atoms with Crippen LogP contribution in [0.1, 0.15) is 12.0 Å². The van der Waals surface area contributed by atoms with Crippen molar-refractivity contribution in [2.24, 2.45) is 0 Å². The highest BCUT2D eigenvalue weighted by Gasteiger charge is 2.25. The summed E-state index contributed by atoms with van der Waals surface area (Å²) in [5.74, 6) is 3.19. The summed E-state index contributed by atoms with van der Waals surface area (Å²) in [6.07, 6.45) is 2.32. The van der Waals surface area contributed by atoms with Crippen LogP contribution < -0.4 is 34.3 Å². The molecule has 44 heavy (non-hydrogen) atoms. The van der Waals surface area contributed by atoms with E-state index in [1.165, 1.54) is 6.33 Å². The summed E-state index contributed by atoms with van der Waals surface area (Å²) in [7, 11) is 1.61. The molecule has 1 saturated heterocycles. The van der Waals surface area contributed by atoms with Crippen LogP contribution >= 0.6 is 0 Å². The van der Waals surface area contributed by atoms with Gasteiger partial charge in [-0.1, -0.05) is 12.1 Å². The number of benzene rings is 3. The fraction of sp³-hybridized carbons (Fsp3) is 0.344. The molecule has 1 aromatic heterocycles. The van der Waals surface area contributed by atoms with E-state index in [-0.39, 0.29) is 6.03 Å². The Balaban J connectivity index is 1.10. The zero-order chi connectivity index (χ0) is 30.1. The maximum Gasteiger partial charge on any atom is 0.319 e. The maximum absolute atomic E-state index is 12.4. The minimum absolute atomic E-state index is 0.326. The zero-order valence-electron chi connectivity index (χ0n) is 24.5. The Morgan fingerprint density at radius 2 is 1.77 bits per heavy atom. The van der Waals surface area contributed by atoms with Crippen molar-refractivity contribution < 1.29 is 33.2 Å². The summed E-state index contributed by atoms with van der Waals surface area (Å²) < 4.78 is 35.0. The highest BCUT2D eigenvalue weighted by molar-refractivity contribution is 5.94. The summed E-state index contributed by atoms with van der Waals surface area (Å²) in [5, 5.41) is 6.27. The number of rotatable bonds is 11. The summed E-state index contributed by atoms with van der Waals surface area (Å²) in [5.41, 5.74) is 2.16. The number of methoxy groups -OCH3 is 1. The molecular formula is C32H35N5O7. The number of amides is 2. The number of carbonyl (C=O) groups is 1. The van der Waals surface area contributed by atoms with Crippen LogP contribution in [0, 0.1) is 0 Å². The maximum atomic E-state index is 12.4. The molecule has 2 N–H and O–H groups in total. The van der Waals surface area contributed by atoms with Gasteiger partial charge in [0.2, 0.25) is 11.6 Å². The van der Waals surface area contributed by atoms with Crippen molar-refractivity contribution in [2.75, 3.05) is 65.1 Å². The summed E-state index contributed by atoms with van der Waals surface area (Å²) in [4.78, 5) is 23.7. The van der Waals surface area contributed by atoms with Gasteiger partial charge in [0.1, 0.15) is 36.4 Å². The van der Waals surface area contributed by atoms with Gasteiger partial charge in [-0.2, -0.15) is 0 Å². The van der Waals surface area contributed by atoms with E-state index in [9.17, 15) is 4.79 Å². The van der Waals surface area contributed by atoms with Crippen molar-refractivity contribution in [3.05, 3.63) is 66.5 Å². The Hall–Kier alpha value is -4.81. The number of fused-ring (bicyclic) bond motifs is 3. The lowest BCUT2D eigenvalue weighted by Crippen LogP contribution is -2.37. The monoisotopic (exact) mass is 601 g/mol. The lowest BCUT2D eigenvalue weighted by Gasteiger charge is -2.26. The van der Waals surface area contributed by atoms with Crippen LogP contribution in [0.5, 0.6) is 34.6 Å². The van der Waals surface area contributed by atoms with E-state index >= 15 is 0 Å². The number of ether oxygens (including phenoxy) is 6. The first kappa shape index (κ1) is 29.3. The molecule has 2 aliphatic heterocycles. The minimum Gasteiger partial charge on any atom is -0.497 e. The molecule has 4 aromatic rings. The van der Waals surface area contributed by atoms with Gasteiger partial charge in [0, 0.05) is 37.9 Å². The Kier molecular flexibility index (Phi) is 9.38. The van der Waals surface area contributed by atoms with E-state index in [4.69, 9.17) is 28.4 Å². The molecule has 2 amide bonds. The molecule has 3 aromatic carbocycles. The number of hydrogen-bond donors (Lipinski definition) is 2. The largest absolute Gasteiger partial charge is 0.497 e. The molecule has 12 nitrogen and oxygen atoms in total. The lowest BCUT2D eigenvalue weighted by molar-refractivity contribution is 0.0357. The van der Waals surface area contributed by atoms with E-state index in [0.29, 0.717) is 71.8 Å². The van der Waals surface area contributed by atoms with E-state index < -0.39 is 0 Å². The third-order valence-electron chi connectivity index (χ3n) is 7.24. The van der Waals surface area contributed by atoms with Crippen LogP contribution in [0.15, 0.2) is 60.9 Å². The molecule has 0 unspecified atom stereocenters. The van der Waals surface area contributed by atoms with Gasteiger partial charge in [0.05, 0.1) is 32.4 Å². The van der Waals surface area contributed by atoms with Crippen LogP contribution in [-0.4, -0.2) is 80.7 Å². The molecule has 3 heterocycles. The number of carbonyl (C=O) groups excluding carboxylic acids is 1. The fourth-order valence-electron chi connectivity index (χ4n) is 5.02. The molecule has 0 saturated carbocycles. The van der Waals surface area contributed by atoms with E-state index in [1.54, 1.807) is 31.4 Å². The number of morpholine rings is 1.